The second kappa shape index (κ2) is 8.56. The fraction of sp³-hybridized carbons (Fsp3) is 0.0690. The molecule has 0 spiro atoms. The second-order valence-corrected chi connectivity index (χ2v) is 7.63. The molecular formula is C29H23NO2. The fourth-order valence-electron chi connectivity index (χ4n) is 4.20. The molecule has 0 atom stereocenters. The summed E-state index contributed by atoms with van der Waals surface area (Å²) in [4.78, 5) is 15.7. The molecule has 0 aliphatic heterocycles. The van der Waals surface area contributed by atoms with Crippen molar-refractivity contribution < 1.29 is 9.53 Å². The SMILES string of the molecule is CCOC(=O)c1ccc(-c2ccccc2-c2c(-c3ccccc3)[nH]c3ccccc23)cc1. The number of benzene rings is 4. The summed E-state index contributed by atoms with van der Waals surface area (Å²) in [6.45, 7) is 2.18. The molecule has 0 radical (unpaired) electrons. The van der Waals surface area contributed by atoms with Crippen LogP contribution in [0, 0.1) is 0 Å². The van der Waals surface area contributed by atoms with E-state index in [4.69, 9.17) is 4.74 Å². The lowest BCUT2D eigenvalue weighted by molar-refractivity contribution is 0.0526. The number of fused-ring (bicyclic) bond motifs is 1. The van der Waals surface area contributed by atoms with Crippen molar-refractivity contribution in [2.24, 2.45) is 0 Å². The third-order valence-electron chi connectivity index (χ3n) is 5.67. The zero-order chi connectivity index (χ0) is 21.9. The molecule has 1 N–H and O–H groups in total. The summed E-state index contributed by atoms with van der Waals surface area (Å²) in [7, 11) is 0. The molecule has 0 saturated heterocycles. The van der Waals surface area contributed by atoms with Gasteiger partial charge < -0.3 is 9.72 Å². The normalized spacial score (nSPS) is 10.9. The Hall–Kier alpha value is -4.11. The molecule has 5 aromatic rings. The Morgan fingerprint density at radius 1 is 0.719 bits per heavy atom. The summed E-state index contributed by atoms with van der Waals surface area (Å²) in [5, 5.41) is 1.18. The van der Waals surface area contributed by atoms with Crippen molar-refractivity contribution >= 4 is 16.9 Å². The first-order valence-corrected chi connectivity index (χ1v) is 10.8. The van der Waals surface area contributed by atoms with E-state index in [1.54, 1.807) is 0 Å². The van der Waals surface area contributed by atoms with E-state index < -0.39 is 0 Å². The molecule has 0 bridgehead atoms. The quantitative estimate of drug-likeness (QED) is 0.304. The average Bonchev–Trinajstić information content (AvgIpc) is 3.24. The molecule has 1 heterocycles. The lowest BCUT2D eigenvalue weighted by Gasteiger charge is -2.13. The number of hydrogen-bond acceptors (Lipinski definition) is 2. The van der Waals surface area contributed by atoms with Crippen molar-refractivity contribution in [3.05, 3.63) is 109 Å². The molecule has 4 aromatic carbocycles. The zero-order valence-corrected chi connectivity index (χ0v) is 17.8. The van der Waals surface area contributed by atoms with E-state index in [0.717, 1.165) is 33.5 Å². The molecule has 0 unspecified atom stereocenters. The van der Waals surface area contributed by atoms with Crippen molar-refractivity contribution in [3.8, 4) is 33.5 Å². The maximum atomic E-state index is 12.1. The second-order valence-electron chi connectivity index (χ2n) is 7.63. The van der Waals surface area contributed by atoms with Gasteiger partial charge in [0.25, 0.3) is 0 Å². The third kappa shape index (κ3) is 3.58. The first kappa shape index (κ1) is 19.8. The van der Waals surface area contributed by atoms with Gasteiger partial charge in [-0.25, -0.2) is 4.79 Å². The van der Waals surface area contributed by atoms with Crippen LogP contribution in [0.4, 0.5) is 0 Å². The van der Waals surface area contributed by atoms with E-state index in [0.29, 0.717) is 12.2 Å². The van der Waals surface area contributed by atoms with Gasteiger partial charge in [-0.05, 0) is 47.4 Å². The van der Waals surface area contributed by atoms with Gasteiger partial charge in [-0.1, -0.05) is 84.9 Å². The Kier molecular flexibility index (Phi) is 5.30. The number of carbonyl (C=O) groups is 1. The highest BCUT2D eigenvalue weighted by Crippen LogP contribution is 2.42. The number of nitrogens with one attached hydrogen (secondary N) is 1. The first-order chi connectivity index (χ1) is 15.8. The number of para-hydroxylation sites is 1. The molecule has 32 heavy (non-hydrogen) atoms. The number of carbonyl (C=O) groups excluding carboxylic acids is 1. The van der Waals surface area contributed by atoms with Crippen LogP contribution in [0.5, 0.6) is 0 Å². The van der Waals surface area contributed by atoms with Gasteiger partial charge in [0, 0.05) is 16.5 Å². The highest BCUT2D eigenvalue weighted by molar-refractivity contribution is 6.07. The van der Waals surface area contributed by atoms with E-state index in [2.05, 4.69) is 77.8 Å². The predicted octanol–water partition coefficient (Wildman–Crippen LogP) is 7.35. The molecule has 3 nitrogen and oxygen atoms in total. The van der Waals surface area contributed by atoms with Crippen LogP contribution < -0.4 is 0 Å². The maximum Gasteiger partial charge on any atom is 0.338 e. The summed E-state index contributed by atoms with van der Waals surface area (Å²) in [5.41, 5.74) is 8.40. The molecule has 0 aliphatic rings. The first-order valence-electron chi connectivity index (χ1n) is 10.8. The molecule has 5 rings (SSSR count). The Morgan fingerprint density at radius 3 is 2.12 bits per heavy atom. The summed E-state index contributed by atoms with van der Waals surface area (Å²) in [6, 6.07) is 34.9. The lowest BCUT2D eigenvalue weighted by atomic mass is 9.91. The number of esters is 1. The van der Waals surface area contributed by atoms with Gasteiger partial charge in [-0.3, -0.25) is 0 Å². The molecule has 0 saturated carbocycles. The van der Waals surface area contributed by atoms with Crippen molar-refractivity contribution in [2.45, 2.75) is 6.92 Å². The summed E-state index contributed by atoms with van der Waals surface area (Å²) in [6.07, 6.45) is 0. The van der Waals surface area contributed by atoms with Crippen LogP contribution in [0.25, 0.3) is 44.4 Å². The van der Waals surface area contributed by atoms with E-state index in [-0.39, 0.29) is 5.97 Å². The van der Waals surface area contributed by atoms with Crippen LogP contribution in [-0.4, -0.2) is 17.6 Å². The van der Waals surface area contributed by atoms with Gasteiger partial charge in [-0.2, -0.15) is 0 Å². The van der Waals surface area contributed by atoms with Gasteiger partial charge in [0.15, 0.2) is 0 Å². The standard InChI is InChI=1S/C29H23NO2/c1-2-32-29(31)22-18-16-20(17-19-22)23-12-6-7-13-24(23)27-25-14-8-9-15-26(25)30-28(27)21-10-4-3-5-11-21/h3-19,30H,2H2,1H3. The molecule has 0 amide bonds. The largest absolute Gasteiger partial charge is 0.462 e. The van der Waals surface area contributed by atoms with E-state index >= 15 is 0 Å². The minimum atomic E-state index is -0.296. The Morgan fingerprint density at radius 2 is 1.38 bits per heavy atom. The molecule has 156 valence electrons. The zero-order valence-electron chi connectivity index (χ0n) is 17.8. The number of rotatable bonds is 5. The maximum absolute atomic E-state index is 12.1. The minimum absolute atomic E-state index is 0.296. The number of H-pyrrole nitrogens is 1. The van der Waals surface area contributed by atoms with Crippen LogP contribution in [0.15, 0.2) is 103 Å². The van der Waals surface area contributed by atoms with Crippen molar-refractivity contribution in [1.29, 1.82) is 0 Å². The molecular weight excluding hydrogens is 394 g/mol. The van der Waals surface area contributed by atoms with Gasteiger partial charge in [0.05, 0.1) is 17.9 Å². The van der Waals surface area contributed by atoms with Crippen molar-refractivity contribution in [2.75, 3.05) is 6.61 Å². The van der Waals surface area contributed by atoms with Gasteiger partial charge in [-0.15, -0.1) is 0 Å². The molecule has 1 aromatic heterocycles. The number of hydrogen-bond donors (Lipinski definition) is 1. The van der Waals surface area contributed by atoms with Crippen molar-refractivity contribution in [1.82, 2.24) is 4.98 Å². The smallest absolute Gasteiger partial charge is 0.338 e. The van der Waals surface area contributed by atoms with Gasteiger partial charge >= 0.3 is 5.97 Å². The molecule has 0 fully saturated rings. The Bertz CT molecular complexity index is 1380. The van der Waals surface area contributed by atoms with E-state index in [9.17, 15) is 4.79 Å². The topological polar surface area (TPSA) is 42.1 Å². The molecule has 3 heteroatoms. The molecule has 0 aliphatic carbocycles. The average molecular weight is 418 g/mol. The Balaban J connectivity index is 1.69. The summed E-state index contributed by atoms with van der Waals surface area (Å²) < 4.78 is 5.13. The van der Waals surface area contributed by atoms with Gasteiger partial charge in [0.2, 0.25) is 0 Å². The van der Waals surface area contributed by atoms with E-state index in [1.165, 1.54) is 10.9 Å². The fourth-order valence-corrected chi connectivity index (χ4v) is 4.20. The summed E-state index contributed by atoms with van der Waals surface area (Å²) >= 11 is 0. The number of ether oxygens (including phenoxy) is 1. The number of aromatic amines is 1. The van der Waals surface area contributed by atoms with Crippen LogP contribution >= 0.6 is 0 Å². The number of aromatic nitrogens is 1. The van der Waals surface area contributed by atoms with Crippen molar-refractivity contribution in [3.63, 3.8) is 0 Å². The summed E-state index contributed by atoms with van der Waals surface area (Å²) in [5.74, 6) is -0.296. The van der Waals surface area contributed by atoms with Crippen LogP contribution in [0.3, 0.4) is 0 Å². The highest BCUT2D eigenvalue weighted by Gasteiger charge is 2.18. The minimum Gasteiger partial charge on any atom is -0.462 e. The predicted molar refractivity (Wildman–Crippen MR) is 131 cm³/mol. The monoisotopic (exact) mass is 417 g/mol. The third-order valence-corrected chi connectivity index (χ3v) is 5.67. The Labute approximate surface area is 187 Å². The van der Waals surface area contributed by atoms with Crippen LogP contribution in [0.2, 0.25) is 0 Å². The highest BCUT2D eigenvalue weighted by atomic mass is 16.5. The van der Waals surface area contributed by atoms with Crippen LogP contribution in [0.1, 0.15) is 17.3 Å². The van der Waals surface area contributed by atoms with E-state index in [1.807, 2.05) is 37.3 Å². The van der Waals surface area contributed by atoms with Gasteiger partial charge in [0.1, 0.15) is 0 Å². The lowest BCUT2D eigenvalue weighted by Crippen LogP contribution is -2.04. The van der Waals surface area contributed by atoms with Crippen LogP contribution in [-0.2, 0) is 4.74 Å².